The fraction of sp³-hybridized carbons (Fsp3) is 0.520. The second-order valence-electron chi connectivity index (χ2n) is 7.43. The molecule has 0 bridgehead atoms. The second kappa shape index (κ2) is 19.5. The van der Waals surface area contributed by atoms with Crippen molar-refractivity contribution in [2.45, 2.75) is 59.8 Å². The summed E-state index contributed by atoms with van der Waals surface area (Å²) in [5.74, 6) is -1.50. The largest absolute Gasteiger partial charge is 0.462 e. The third-order valence-electron chi connectivity index (χ3n) is 3.65. The molecule has 0 unspecified atom stereocenters. The lowest BCUT2D eigenvalue weighted by molar-refractivity contribution is -0.141. The smallest absolute Gasteiger partial charge is 0.333 e. The molecule has 0 spiro atoms. The van der Waals surface area contributed by atoms with Crippen LogP contribution in [0, 0.1) is 0 Å². The molecule has 0 saturated carbocycles. The van der Waals surface area contributed by atoms with E-state index in [0.717, 1.165) is 19.3 Å². The van der Waals surface area contributed by atoms with Crippen LogP contribution in [0.3, 0.4) is 0 Å². The number of carbonyl (C=O) groups is 4. The molecule has 0 N–H and O–H groups in total. The third-order valence-corrected chi connectivity index (χ3v) is 3.65. The van der Waals surface area contributed by atoms with Crippen molar-refractivity contribution in [3.05, 3.63) is 48.6 Å². The van der Waals surface area contributed by atoms with Gasteiger partial charge < -0.3 is 18.9 Å². The van der Waals surface area contributed by atoms with E-state index in [2.05, 4.69) is 26.3 Å². The molecule has 0 rings (SSSR count). The maximum atomic E-state index is 11.0. The van der Waals surface area contributed by atoms with Crippen molar-refractivity contribution in [1.82, 2.24) is 0 Å². The summed E-state index contributed by atoms with van der Waals surface area (Å²) >= 11 is 0. The van der Waals surface area contributed by atoms with Crippen molar-refractivity contribution in [1.29, 1.82) is 0 Å². The molecular formula is C25H38O8. The Morgan fingerprint density at radius 2 is 0.606 bits per heavy atom. The molecule has 0 aliphatic heterocycles. The molecule has 0 atom stereocenters. The number of rotatable bonds is 15. The van der Waals surface area contributed by atoms with Crippen LogP contribution >= 0.6 is 0 Å². The van der Waals surface area contributed by atoms with Gasteiger partial charge >= 0.3 is 23.9 Å². The van der Waals surface area contributed by atoms with Gasteiger partial charge in [0.1, 0.15) is 0 Å². The predicted octanol–water partition coefficient (Wildman–Crippen LogP) is 4.40. The SMILES string of the molecule is C=C(C)C(=O)OCCCCCOC(=O)C(=C)C.C=C(C)C(=O)OCCCCOC(=O)C(=C)C. The van der Waals surface area contributed by atoms with Crippen LogP contribution in [0.5, 0.6) is 0 Å². The standard InChI is InChI=1S/C13H20O4.C12H18O4/c1-10(2)12(14)16-8-6-5-7-9-17-13(15)11(3)4;1-9(2)11(13)15-7-5-6-8-16-12(14)10(3)4/h1,3,5-9H2,2,4H3;1,3,5-8H2,2,4H3. The summed E-state index contributed by atoms with van der Waals surface area (Å²) in [4.78, 5) is 43.9. The Morgan fingerprint density at radius 3 is 0.788 bits per heavy atom. The summed E-state index contributed by atoms with van der Waals surface area (Å²) < 4.78 is 19.5. The van der Waals surface area contributed by atoms with Gasteiger partial charge in [-0.15, -0.1) is 0 Å². The lowest BCUT2D eigenvalue weighted by Gasteiger charge is -2.05. The summed E-state index contributed by atoms with van der Waals surface area (Å²) in [5.41, 5.74) is 1.57. The first-order valence-electron chi connectivity index (χ1n) is 10.7. The van der Waals surface area contributed by atoms with E-state index in [0.29, 0.717) is 61.6 Å². The minimum atomic E-state index is -0.390. The van der Waals surface area contributed by atoms with E-state index in [-0.39, 0.29) is 23.9 Å². The van der Waals surface area contributed by atoms with Gasteiger partial charge in [-0.3, -0.25) is 0 Å². The quantitative estimate of drug-likeness (QED) is 0.151. The average molecular weight is 467 g/mol. The van der Waals surface area contributed by atoms with Crippen LogP contribution in [0.2, 0.25) is 0 Å². The Bertz CT molecular complexity index is 658. The first kappa shape index (κ1) is 32.0. The van der Waals surface area contributed by atoms with Gasteiger partial charge in [-0.1, -0.05) is 26.3 Å². The third kappa shape index (κ3) is 20.5. The van der Waals surface area contributed by atoms with Crippen LogP contribution in [-0.2, 0) is 38.1 Å². The minimum Gasteiger partial charge on any atom is -0.462 e. The Balaban J connectivity index is 0. The molecule has 0 aromatic carbocycles. The fourth-order valence-corrected chi connectivity index (χ4v) is 1.74. The zero-order valence-corrected chi connectivity index (χ0v) is 20.5. The van der Waals surface area contributed by atoms with E-state index in [1.165, 1.54) is 0 Å². The topological polar surface area (TPSA) is 105 Å². The molecule has 0 aliphatic rings. The molecule has 186 valence electrons. The van der Waals surface area contributed by atoms with E-state index in [4.69, 9.17) is 18.9 Å². The van der Waals surface area contributed by atoms with Crippen LogP contribution in [0.25, 0.3) is 0 Å². The Kier molecular flexibility index (Phi) is 18.9. The molecule has 8 heteroatoms. The molecule has 0 radical (unpaired) electrons. The van der Waals surface area contributed by atoms with E-state index < -0.39 is 0 Å². The van der Waals surface area contributed by atoms with Gasteiger partial charge in [-0.05, 0) is 59.8 Å². The van der Waals surface area contributed by atoms with Crippen LogP contribution in [0.1, 0.15) is 59.8 Å². The molecule has 0 aliphatic carbocycles. The van der Waals surface area contributed by atoms with Gasteiger partial charge in [0.2, 0.25) is 0 Å². The van der Waals surface area contributed by atoms with Gasteiger partial charge in [0, 0.05) is 22.3 Å². The summed E-state index contributed by atoms with van der Waals surface area (Å²) in [6.45, 7) is 21.7. The zero-order chi connectivity index (χ0) is 25.8. The van der Waals surface area contributed by atoms with Crippen LogP contribution in [0.15, 0.2) is 48.6 Å². The predicted molar refractivity (Wildman–Crippen MR) is 126 cm³/mol. The number of hydrogen-bond acceptors (Lipinski definition) is 8. The normalized spacial score (nSPS) is 9.45. The highest BCUT2D eigenvalue weighted by molar-refractivity contribution is 5.88. The van der Waals surface area contributed by atoms with Gasteiger partial charge in [-0.25, -0.2) is 19.2 Å². The fourth-order valence-electron chi connectivity index (χ4n) is 1.74. The van der Waals surface area contributed by atoms with Crippen molar-refractivity contribution in [2.75, 3.05) is 26.4 Å². The van der Waals surface area contributed by atoms with Crippen molar-refractivity contribution in [3.63, 3.8) is 0 Å². The maximum Gasteiger partial charge on any atom is 0.333 e. The van der Waals surface area contributed by atoms with Gasteiger partial charge in [0.05, 0.1) is 26.4 Å². The lowest BCUT2D eigenvalue weighted by atomic mass is 10.2. The number of hydrogen-bond donors (Lipinski definition) is 0. The van der Waals surface area contributed by atoms with E-state index in [9.17, 15) is 19.2 Å². The highest BCUT2D eigenvalue weighted by Gasteiger charge is 2.05. The van der Waals surface area contributed by atoms with Crippen LogP contribution < -0.4 is 0 Å². The highest BCUT2D eigenvalue weighted by atomic mass is 16.5. The molecule has 0 aromatic heterocycles. The molecule has 0 aromatic rings. The number of esters is 4. The van der Waals surface area contributed by atoms with Crippen molar-refractivity contribution in [3.8, 4) is 0 Å². The molecule has 0 saturated heterocycles. The minimum absolute atomic E-state index is 0.316. The van der Waals surface area contributed by atoms with Gasteiger partial charge in [-0.2, -0.15) is 0 Å². The molecule has 0 fully saturated rings. The van der Waals surface area contributed by atoms with E-state index in [1.54, 1.807) is 27.7 Å². The van der Waals surface area contributed by atoms with Crippen molar-refractivity contribution in [2.24, 2.45) is 0 Å². The molecular weight excluding hydrogens is 428 g/mol. The number of carbonyl (C=O) groups excluding carboxylic acids is 4. The summed E-state index contributed by atoms with van der Waals surface area (Å²) in [6, 6.07) is 0. The highest BCUT2D eigenvalue weighted by Crippen LogP contribution is 2.01. The van der Waals surface area contributed by atoms with Gasteiger partial charge in [0.15, 0.2) is 0 Å². The Morgan fingerprint density at radius 1 is 0.424 bits per heavy atom. The van der Waals surface area contributed by atoms with E-state index >= 15 is 0 Å². The summed E-state index contributed by atoms with van der Waals surface area (Å²) in [5, 5.41) is 0. The van der Waals surface area contributed by atoms with Crippen molar-refractivity contribution < 1.29 is 38.1 Å². The number of ether oxygens (including phenoxy) is 4. The molecule has 33 heavy (non-hydrogen) atoms. The molecule has 0 amide bonds. The van der Waals surface area contributed by atoms with Crippen LogP contribution in [-0.4, -0.2) is 50.3 Å². The van der Waals surface area contributed by atoms with Gasteiger partial charge in [0.25, 0.3) is 0 Å². The molecule has 8 nitrogen and oxygen atoms in total. The monoisotopic (exact) mass is 466 g/mol. The first-order valence-corrected chi connectivity index (χ1v) is 10.7. The average Bonchev–Trinajstić information content (AvgIpc) is 2.74. The van der Waals surface area contributed by atoms with Crippen molar-refractivity contribution >= 4 is 23.9 Å². The summed E-state index contributed by atoms with van der Waals surface area (Å²) in [6.07, 6.45) is 3.66. The zero-order valence-electron chi connectivity index (χ0n) is 20.5. The summed E-state index contributed by atoms with van der Waals surface area (Å²) in [7, 11) is 0. The van der Waals surface area contributed by atoms with Crippen LogP contribution in [0.4, 0.5) is 0 Å². The Labute approximate surface area is 197 Å². The maximum absolute atomic E-state index is 11.0. The lowest BCUT2D eigenvalue weighted by Crippen LogP contribution is -2.09. The molecule has 0 heterocycles. The van der Waals surface area contributed by atoms with E-state index in [1.807, 2.05) is 0 Å². The number of unbranched alkanes of at least 4 members (excludes halogenated alkanes) is 3. The second-order valence-corrected chi connectivity index (χ2v) is 7.43. The Hall–Kier alpha value is -3.16. The first-order chi connectivity index (χ1) is 15.4.